The number of fused-ring (bicyclic) bond motifs is 7. The summed E-state index contributed by atoms with van der Waals surface area (Å²) < 4.78 is 6.26. The topological polar surface area (TPSA) is 289 Å². The normalized spacial score (nSPS) is 17.1. The van der Waals surface area contributed by atoms with Crippen molar-refractivity contribution in [1.29, 1.82) is 0 Å². The first-order valence-corrected chi connectivity index (χ1v) is 35.2. The van der Waals surface area contributed by atoms with Gasteiger partial charge < -0.3 is 46.9 Å². The third-order valence-corrected chi connectivity index (χ3v) is 21.6. The molecule has 0 radical (unpaired) electrons. The molecule has 2 saturated heterocycles. The van der Waals surface area contributed by atoms with Crippen molar-refractivity contribution in [3.63, 3.8) is 0 Å². The summed E-state index contributed by atoms with van der Waals surface area (Å²) in [4.78, 5) is 85.1. The molecular weight excluding hydrogens is 1260 g/mol. The van der Waals surface area contributed by atoms with E-state index in [0.29, 0.717) is 54.6 Å². The fourth-order valence-corrected chi connectivity index (χ4v) is 16.2. The van der Waals surface area contributed by atoms with E-state index < -0.39 is 0 Å². The molecule has 99 heavy (non-hydrogen) atoms. The molecule has 22 heteroatoms. The Labute approximate surface area is 572 Å². The second-order valence-electron chi connectivity index (χ2n) is 26.8. The minimum atomic E-state index is 0.124. The second-order valence-corrected chi connectivity index (χ2v) is 27.8. The highest BCUT2D eigenvalue weighted by Gasteiger charge is 2.38. The number of hydrogen-bond donors (Lipinski definition) is 7. The third kappa shape index (κ3) is 11.6. The fourth-order valence-electron chi connectivity index (χ4n) is 15.5. The zero-order valence-electron chi connectivity index (χ0n) is 54.5. The van der Waals surface area contributed by atoms with Gasteiger partial charge in [0.05, 0.1) is 28.4 Å². The molecule has 11 aromatic heterocycles. The maximum atomic E-state index is 13.1. The Hall–Kier alpha value is -11.4. The molecule has 4 aliphatic rings. The number of carbonyl (C=O) groups excluding carboxylic acids is 3. The van der Waals surface area contributed by atoms with Crippen molar-refractivity contribution >= 4 is 107 Å². The van der Waals surface area contributed by atoms with Crippen LogP contribution in [0.5, 0.6) is 0 Å². The lowest BCUT2D eigenvalue weighted by molar-refractivity contribution is -0.131. The molecule has 15 aromatic rings. The molecule has 2 amide bonds. The number of nitrogens with zero attached hydrogens (tertiary/aromatic N) is 11. The van der Waals surface area contributed by atoms with E-state index in [1.807, 2.05) is 107 Å². The molecule has 10 N–H and O–H groups in total. The Balaban J connectivity index is 0.000000112. The molecule has 2 saturated carbocycles. The molecule has 496 valence electrons. The van der Waals surface area contributed by atoms with E-state index in [9.17, 15) is 14.4 Å². The summed E-state index contributed by atoms with van der Waals surface area (Å²) in [6, 6.07) is 42.9. The molecule has 0 spiro atoms. The van der Waals surface area contributed by atoms with Crippen LogP contribution in [0.15, 0.2) is 176 Å². The van der Waals surface area contributed by atoms with Crippen LogP contribution in [-0.4, -0.2) is 117 Å². The Morgan fingerprint density at radius 1 is 0.465 bits per heavy atom. The van der Waals surface area contributed by atoms with Crippen LogP contribution < -0.4 is 17.2 Å². The van der Waals surface area contributed by atoms with Gasteiger partial charge in [-0.25, -0.2) is 29.9 Å². The lowest BCUT2D eigenvalue weighted by atomic mass is 9.78. The van der Waals surface area contributed by atoms with Crippen molar-refractivity contribution in [2.24, 2.45) is 11.8 Å². The molecule has 0 bridgehead atoms. The summed E-state index contributed by atoms with van der Waals surface area (Å²) >= 11 is 1.50. The van der Waals surface area contributed by atoms with Crippen molar-refractivity contribution in [2.45, 2.75) is 88.4 Å². The SMILES string of the molecule is Nc1nccn2c(C3CCC(C(=O)C4CC4)CC3)nc(-c3cc4ccccc4[nH]3)c12.Nc1nccn2c(C3CCN(C(=O)Cc4c[nH]c5ccccc45)CC3)nc(-c3cc4ccccc4[nH]3)c12.Nc1nccn2c(C3CCN(C(=O)c4cccs4)CC3)nc(-c3cc4ccccc4[nH]3)c12. The standard InChI is InChI=1S/C29H27N7O.C24H22N6OS.C24H25N5O/c30-28-27-26(24-15-19-5-1-3-7-22(19)33-24)34-29(36(27)14-11-31-28)18-9-12-35(13-10-18)25(37)16-20-17-32-23-8-4-2-6-21(20)23;25-22-21-20(18-14-16-4-1-2-5-17(16)27-18)28-23(30(21)12-9-26-22)15-7-10-29(11-8-15)24(31)19-6-3-13-32-19;25-23-21-20(19-13-17-3-1-2-4-18(17)27-19)28-24(29(21)12-11-26-23)16-9-7-15(8-10-16)22(30)14-5-6-14/h1-8,11,14-15,17-18,32-33H,9-10,12-13,16H2,(H2,30,31);1-6,9,12-15,27H,7-8,10-11H2,(H2,25,26);1-4,11-16,27H,5-10H2,(H2,25,26). The van der Waals surface area contributed by atoms with Crippen LogP contribution in [0.2, 0.25) is 0 Å². The molecule has 19 rings (SSSR count). The number of aromatic amines is 4. The number of hydrogen-bond acceptors (Lipinski definition) is 13. The van der Waals surface area contributed by atoms with E-state index in [0.717, 1.165) is 200 Å². The van der Waals surface area contributed by atoms with Crippen LogP contribution in [-0.2, 0) is 16.0 Å². The number of nitrogens with two attached hydrogens (primary N) is 3. The number of H-pyrrole nitrogens is 4. The number of thiophene rings is 1. The van der Waals surface area contributed by atoms with Crippen molar-refractivity contribution < 1.29 is 14.4 Å². The number of likely N-dealkylation sites (tertiary alicyclic amines) is 2. The largest absolute Gasteiger partial charge is 0.382 e. The number of para-hydroxylation sites is 4. The van der Waals surface area contributed by atoms with E-state index in [1.165, 1.54) is 11.3 Å². The van der Waals surface area contributed by atoms with Crippen molar-refractivity contribution in [3.8, 4) is 34.2 Å². The second kappa shape index (κ2) is 25.6. The highest BCUT2D eigenvalue weighted by Crippen LogP contribution is 2.44. The Kier molecular flexibility index (Phi) is 15.8. The van der Waals surface area contributed by atoms with Gasteiger partial charge in [-0.1, -0.05) is 78.9 Å². The van der Waals surface area contributed by atoms with E-state index in [-0.39, 0.29) is 29.6 Å². The van der Waals surface area contributed by atoms with Crippen LogP contribution in [0.4, 0.5) is 17.5 Å². The van der Waals surface area contributed by atoms with E-state index in [1.54, 1.807) is 18.6 Å². The monoisotopic (exact) mass is 1330 g/mol. The highest BCUT2D eigenvalue weighted by atomic mass is 32.1. The summed E-state index contributed by atoms with van der Waals surface area (Å²) in [5, 5.41) is 6.47. The zero-order valence-corrected chi connectivity index (χ0v) is 55.3. The number of nitrogens with one attached hydrogen (secondary N) is 4. The molecular formula is C77H74N18O3S. The molecule has 21 nitrogen and oxygen atoms in total. The van der Waals surface area contributed by atoms with Crippen LogP contribution in [0.25, 0.3) is 94.3 Å². The smallest absolute Gasteiger partial charge is 0.263 e. The third-order valence-electron chi connectivity index (χ3n) is 20.8. The summed E-state index contributed by atoms with van der Waals surface area (Å²) in [5.41, 5.74) is 32.1. The first kappa shape index (κ1) is 61.2. The van der Waals surface area contributed by atoms with Crippen LogP contribution in [0, 0.1) is 11.8 Å². The summed E-state index contributed by atoms with van der Waals surface area (Å²) in [7, 11) is 0. The number of nitrogen functional groups attached to an aromatic ring is 3. The lowest BCUT2D eigenvalue weighted by Gasteiger charge is -2.31. The maximum absolute atomic E-state index is 13.1. The van der Waals surface area contributed by atoms with Gasteiger partial charge in [0, 0.05) is 143 Å². The zero-order chi connectivity index (χ0) is 66.8. The van der Waals surface area contributed by atoms with Gasteiger partial charge in [0.25, 0.3) is 5.91 Å². The van der Waals surface area contributed by atoms with Crippen LogP contribution in [0.1, 0.15) is 115 Å². The van der Waals surface area contributed by atoms with Gasteiger partial charge in [0.15, 0.2) is 0 Å². The number of aromatic nitrogens is 13. The molecule has 4 fully saturated rings. The first-order chi connectivity index (χ1) is 48.5. The van der Waals surface area contributed by atoms with Gasteiger partial charge in [-0.2, -0.15) is 0 Å². The molecule has 0 unspecified atom stereocenters. The van der Waals surface area contributed by atoms with E-state index in [2.05, 4.69) is 109 Å². The quantitative estimate of drug-likeness (QED) is 0.0636. The number of carbonyl (C=O) groups is 3. The van der Waals surface area contributed by atoms with Gasteiger partial charge >= 0.3 is 0 Å². The summed E-state index contributed by atoms with van der Waals surface area (Å²) in [6.45, 7) is 2.86. The van der Waals surface area contributed by atoms with Gasteiger partial charge in [0.1, 0.15) is 74.3 Å². The summed E-state index contributed by atoms with van der Waals surface area (Å²) in [6.07, 6.45) is 23.0. The number of Topliss-reactive ketones (excluding diaryl/α,β-unsaturated/α-hetero) is 1. The first-order valence-electron chi connectivity index (χ1n) is 34.3. The number of rotatable bonds is 11. The van der Waals surface area contributed by atoms with Gasteiger partial charge in [-0.15, -0.1) is 11.3 Å². The van der Waals surface area contributed by atoms with Crippen LogP contribution in [0.3, 0.4) is 0 Å². The van der Waals surface area contributed by atoms with Crippen molar-refractivity contribution in [2.75, 3.05) is 43.4 Å². The van der Waals surface area contributed by atoms with Gasteiger partial charge in [-0.05, 0) is 124 Å². The maximum Gasteiger partial charge on any atom is 0.263 e. The average molecular weight is 1330 g/mol. The van der Waals surface area contributed by atoms with Gasteiger partial charge in [0.2, 0.25) is 5.91 Å². The van der Waals surface area contributed by atoms with E-state index >= 15 is 0 Å². The predicted molar refractivity (Wildman–Crippen MR) is 389 cm³/mol. The average Bonchev–Trinajstić information content (AvgIpc) is 1.62. The van der Waals surface area contributed by atoms with Crippen molar-refractivity contribution in [3.05, 3.63) is 204 Å². The highest BCUT2D eigenvalue weighted by molar-refractivity contribution is 7.12. The lowest BCUT2D eigenvalue weighted by Crippen LogP contribution is -2.39. The minimum absolute atomic E-state index is 0.124. The molecule has 0 atom stereocenters. The molecule has 13 heterocycles. The molecule has 2 aliphatic heterocycles. The Bertz CT molecular complexity index is 5420. The Morgan fingerprint density at radius 3 is 1.29 bits per heavy atom. The Morgan fingerprint density at radius 2 is 0.869 bits per heavy atom. The van der Waals surface area contributed by atoms with Crippen LogP contribution >= 0.6 is 11.3 Å². The molecule has 4 aromatic carbocycles. The number of piperidine rings is 2. The minimum Gasteiger partial charge on any atom is -0.382 e. The number of anilines is 3. The van der Waals surface area contributed by atoms with Gasteiger partial charge in [-0.3, -0.25) is 27.6 Å². The summed E-state index contributed by atoms with van der Waals surface area (Å²) in [5.74, 6) is 6.61. The predicted octanol–water partition coefficient (Wildman–Crippen LogP) is 14.1. The number of benzene rings is 4. The van der Waals surface area contributed by atoms with E-state index in [4.69, 9.17) is 32.2 Å². The van der Waals surface area contributed by atoms with Crippen molar-refractivity contribution in [1.82, 2.24) is 72.8 Å². The fraction of sp³-hybridized carbons (Fsp3) is 0.260. The number of imidazole rings is 3. The number of ketones is 1. The number of amides is 2. The molecule has 2 aliphatic carbocycles.